The van der Waals surface area contributed by atoms with Crippen LogP contribution in [0.25, 0.3) is 10.8 Å². The first-order chi connectivity index (χ1) is 16.6. The zero-order valence-corrected chi connectivity index (χ0v) is 22.9. The number of carboxylic acids is 1. The molecule has 0 bridgehead atoms. The third-order valence-electron chi connectivity index (χ3n) is 6.58. The lowest BCUT2D eigenvalue weighted by molar-refractivity contribution is 0.0690. The number of hydrogen-bond donors (Lipinski definition) is 1. The van der Waals surface area contributed by atoms with E-state index in [1.54, 1.807) is 18.2 Å². The van der Waals surface area contributed by atoms with Crippen LogP contribution in [0, 0.1) is 3.57 Å². The van der Waals surface area contributed by atoms with E-state index in [1.165, 1.54) is 77.0 Å². The van der Waals surface area contributed by atoms with Gasteiger partial charge in [-0.25, -0.2) is 4.79 Å². The fourth-order valence-corrected chi connectivity index (χ4v) is 6.07. The molecule has 4 nitrogen and oxygen atoms in total. The first-order valence-corrected chi connectivity index (χ1v) is 15.2. The van der Waals surface area contributed by atoms with Crippen molar-refractivity contribution in [1.29, 1.82) is 0 Å². The Balaban J connectivity index is 1.66. The maximum atomic E-state index is 12.9. The third-order valence-corrected chi connectivity index (χ3v) is 8.15. The molecule has 0 unspecified atom stereocenters. The van der Waals surface area contributed by atoms with Crippen LogP contribution in [-0.2, 0) is 3.07 Å². The van der Waals surface area contributed by atoms with Crippen LogP contribution < -0.4 is 0 Å². The van der Waals surface area contributed by atoms with Crippen LogP contribution in [0.1, 0.15) is 130 Å². The van der Waals surface area contributed by atoms with Gasteiger partial charge in [-0.2, -0.15) is 0 Å². The van der Waals surface area contributed by atoms with E-state index in [4.69, 9.17) is 0 Å². The molecule has 0 aliphatic rings. The number of carboxylic acid groups (broad SMARTS) is 1. The van der Waals surface area contributed by atoms with E-state index in [0.29, 0.717) is 15.4 Å². The van der Waals surface area contributed by atoms with Crippen molar-refractivity contribution in [1.82, 2.24) is 0 Å². The summed E-state index contributed by atoms with van der Waals surface area (Å²) in [5, 5.41) is 11.2. The summed E-state index contributed by atoms with van der Waals surface area (Å²) in [5.41, 5.74) is 0.148. The van der Waals surface area contributed by atoms with E-state index in [9.17, 15) is 17.8 Å². The maximum absolute atomic E-state index is 12.9. The molecule has 0 aliphatic heterocycles. The zero-order chi connectivity index (χ0) is 24.6. The van der Waals surface area contributed by atoms with Crippen LogP contribution in [0.15, 0.2) is 30.3 Å². The molecule has 0 aliphatic carbocycles. The Morgan fingerprint density at radius 1 is 0.765 bits per heavy atom. The lowest BCUT2D eigenvalue weighted by Gasteiger charge is -2.11. The molecule has 0 fully saturated rings. The molecule has 0 radical (unpaired) electrons. The van der Waals surface area contributed by atoms with Gasteiger partial charge in [0.25, 0.3) is 0 Å². The largest absolute Gasteiger partial charge is 0.478 e. The Morgan fingerprint density at radius 2 is 1.26 bits per heavy atom. The quantitative estimate of drug-likeness (QED) is 0.102. The Hall–Kier alpha value is -1.63. The first kappa shape index (κ1) is 28.6. The number of unbranched alkanes of at least 4 members (excludes halogenated alkanes) is 14. The van der Waals surface area contributed by atoms with Crippen LogP contribution in [0.4, 0.5) is 0 Å². The van der Waals surface area contributed by atoms with Gasteiger partial charge in [0, 0.05) is 12.0 Å². The van der Waals surface area contributed by atoms with Gasteiger partial charge in [-0.15, -0.1) is 0 Å². The van der Waals surface area contributed by atoms with Gasteiger partial charge in [0.15, 0.2) is 27.0 Å². The molecule has 0 saturated carbocycles. The topological polar surface area (TPSA) is 71.4 Å². The summed E-state index contributed by atoms with van der Waals surface area (Å²) in [6, 6.07) is 8.92. The van der Waals surface area contributed by atoms with E-state index in [0.717, 1.165) is 24.6 Å². The van der Waals surface area contributed by atoms with Crippen molar-refractivity contribution in [2.75, 3.05) is 0 Å². The second kappa shape index (κ2) is 16.9. The lowest BCUT2D eigenvalue weighted by Crippen LogP contribution is -2.11. The lowest BCUT2D eigenvalue weighted by atomic mass is 9.95. The zero-order valence-electron chi connectivity index (χ0n) is 20.8. The van der Waals surface area contributed by atoms with E-state index in [-0.39, 0.29) is 16.9 Å². The molecule has 0 aromatic heterocycles. The highest BCUT2D eigenvalue weighted by Gasteiger charge is 2.23. The van der Waals surface area contributed by atoms with E-state index in [2.05, 4.69) is 6.92 Å². The SMILES string of the molecule is CCCCCCCCCCCCCCCCCC(=O)c1cc2ccccc2c(I=O)c1C(=O)O. The predicted molar refractivity (Wildman–Crippen MR) is 148 cm³/mol. The molecule has 2 aromatic carbocycles. The van der Waals surface area contributed by atoms with Crippen molar-refractivity contribution in [3.8, 4) is 0 Å². The number of carbonyl (C=O) groups excluding carboxylic acids is 1. The molecule has 2 rings (SSSR count). The average Bonchev–Trinajstić information content (AvgIpc) is 2.84. The molecular formula is C29H41IO4. The molecule has 0 spiro atoms. The number of ketones is 1. The first-order valence-electron chi connectivity index (χ1n) is 13.2. The van der Waals surface area contributed by atoms with Gasteiger partial charge in [0.2, 0.25) is 0 Å². The summed E-state index contributed by atoms with van der Waals surface area (Å²) < 4.78 is 12.2. The van der Waals surface area contributed by atoms with Crippen molar-refractivity contribution in [2.45, 2.75) is 110 Å². The molecule has 0 heterocycles. The summed E-state index contributed by atoms with van der Waals surface area (Å²) >= 11 is -1.71. The van der Waals surface area contributed by atoms with Crippen molar-refractivity contribution >= 4 is 43.7 Å². The fourth-order valence-electron chi connectivity index (χ4n) is 4.60. The summed E-state index contributed by atoms with van der Waals surface area (Å²) in [7, 11) is 0. The smallest absolute Gasteiger partial charge is 0.337 e. The number of hydrogen-bond acceptors (Lipinski definition) is 3. The Labute approximate surface area is 215 Å². The molecule has 34 heavy (non-hydrogen) atoms. The second-order valence-electron chi connectivity index (χ2n) is 9.34. The summed E-state index contributed by atoms with van der Waals surface area (Å²) in [5.74, 6) is -1.33. The molecule has 2 aromatic rings. The summed E-state index contributed by atoms with van der Waals surface area (Å²) in [6.07, 6.45) is 19.3. The molecule has 0 saturated heterocycles. The van der Waals surface area contributed by atoms with Gasteiger partial charge in [-0.05, 0) is 23.3 Å². The van der Waals surface area contributed by atoms with Gasteiger partial charge in [-0.1, -0.05) is 121 Å². The Kier molecular flexibility index (Phi) is 14.2. The van der Waals surface area contributed by atoms with Crippen LogP contribution in [0.2, 0.25) is 0 Å². The monoisotopic (exact) mass is 580 g/mol. The number of aromatic carboxylic acids is 1. The van der Waals surface area contributed by atoms with Gasteiger partial charge in [-0.3, -0.25) is 7.86 Å². The highest BCUT2D eigenvalue weighted by atomic mass is 127. The molecule has 5 heteroatoms. The number of Topliss-reactive ketones (excluding diaryl/α,β-unsaturated/α-hetero) is 1. The van der Waals surface area contributed by atoms with Crippen molar-refractivity contribution in [3.63, 3.8) is 0 Å². The van der Waals surface area contributed by atoms with Gasteiger partial charge in [0.05, 0.1) is 9.13 Å². The molecular weight excluding hydrogens is 539 g/mol. The normalized spacial score (nSPS) is 11.2. The van der Waals surface area contributed by atoms with Gasteiger partial charge < -0.3 is 5.11 Å². The molecule has 188 valence electrons. The van der Waals surface area contributed by atoms with E-state index < -0.39 is 27.2 Å². The minimum atomic E-state index is -1.71. The molecule has 0 amide bonds. The molecule has 0 atom stereocenters. The minimum Gasteiger partial charge on any atom is -0.478 e. The average molecular weight is 581 g/mol. The van der Waals surface area contributed by atoms with Crippen LogP contribution >= 0.6 is 21.2 Å². The fraction of sp³-hybridized carbons (Fsp3) is 0.586. The Bertz CT molecular complexity index is 922. The van der Waals surface area contributed by atoms with E-state index in [1.807, 2.05) is 12.1 Å². The highest BCUT2D eigenvalue weighted by Crippen LogP contribution is 2.31. The van der Waals surface area contributed by atoms with Crippen molar-refractivity contribution in [3.05, 3.63) is 45.0 Å². The number of rotatable bonds is 19. The van der Waals surface area contributed by atoms with Crippen LogP contribution in [0.5, 0.6) is 0 Å². The van der Waals surface area contributed by atoms with Crippen molar-refractivity contribution in [2.24, 2.45) is 0 Å². The number of carbonyl (C=O) groups is 2. The standard InChI is InChI=1S/C29H41IO4/c1-2-3-4-5-6-7-8-9-10-11-12-13-14-15-16-21-26(31)25-22-23-19-17-18-20-24(23)28(30-34)27(25)29(32)33/h17-20,22H,2-16,21H2,1H3,(H,32,33). The molecule has 1 N–H and O–H groups in total. The summed E-state index contributed by atoms with van der Waals surface area (Å²) in [4.78, 5) is 24.8. The summed E-state index contributed by atoms with van der Waals surface area (Å²) in [6.45, 7) is 2.26. The predicted octanol–water partition coefficient (Wildman–Crippen LogP) is 9.47. The second-order valence-corrected chi connectivity index (χ2v) is 10.9. The minimum absolute atomic E-state index is 0.0625. The van der Waals surface area contributed by atoms with E-state index >= 15 is 0 Å². The number of fused-ring (bicyclic) bond motifs is 1. The van der Waals surface area contributed by atoms with Crippen LogP contribution in [0.3, 0.4) is 0 Å². The van der Waals surface area contributed by atoms with Gasteiger partial charge >= 0.3 is 5.97 Å². The number of halogens is 1. The Morgan fingerprint density at radius 3 is 1.76 bits per heavy atom. The third kappa shape index (κ3) is 9.55. The highest BCUT2D eigenvalue weighted by molar-refractivity contribution is 14.1. The number of benzene rings is 2. The van der Waals surface area contributed by atoms with Crippen molar-refractivity contribution < 1.29 is 17.8 Å². The van der Waals surface area contributed by atoms with Crippen LogP contribution in [-0.4, -0.2) is 16.9 Å². The van der Waals surface area contributed by atoms with Gasteiger partial charge in [0.1, 0.15) is 0 Å². The maximum Gasteiger partial charge on any atom is 0.337 e.